The summed E-state index contributed by atoms with van der Waals surface area (Å²) in [6.07, 6.45) is 0.411. The number of carbonyl (C=O) groups is 1. The van der Waals surface area contributed by atoms with E-state index in [9.17, 15) is 4.79 Å². The molecule has 5 heteroatoms. The van der Waals surface area contributed by atoms with Crippen LogP contribution in [-0.2, 0) is 16.0 Å². The first-order chi connectivity index (χ1) is 10.6. The van der Waals surface area contributed by atoms with Crippen molar-refractivity contribution in [3.63, 3.8) is 0 Å². The van der Waals surface area contributed by atoms with Gasteiger partial charge in [-0.2, -0.15) is 0 Å². The molecule has 0 unspecified atom stereocenters. The van der Waals surface area contributed by atoms with Crippen LogP contribution in [0.4, 0.5) is 0 Å². The minimum atomic E-state index is -0.360. The number of rotatable bonds is 6. The van der Waals surface area contributed by atoms with E-state index in [-0.39, 0.29) is 18.1 Å². The minimum absolute atomic E-state index is 0.0199. The molecule has 1 amide bonds. The van der Waals surface area contributed by atoms with Gasteiger partial charge in [-0.25, -0.2) is 0 Å². The molecule has 1 heterocycles. The third kappa shape index (κ3) is 4.71. The maximum absolute atomic E-state index is 12.3. The molecule has 0 saturated carbocycles. The molecule has 1 fully saturated rings. The third-order valence-corrected chi connectivity index (χ3v) is 3.95. The molecule has 5 nitrogen and oxygen atoms in total. The summed E-state index contributed by atoms with van der Waals surface area (Å²) in [6.45, 7) is 7.26. The zero-order valence-corrected chi connectivity index (χ0v) is 13.7. The Balaban J connectivity index is 1.85. The van der Waals surface area contributed by atoms with Crippen LogP contribution in [0, 0.1) is 0 Å². The predicted molar refractivity (Wildman–Crippen MR) is 86.2 cm³/mol. The molecule has 0 aliphatic carbocycles. The molecule has 0 aromatic heterocycles. The lowest BCUT2D eigenvalue weighted by molar-refractivity contribution is -0.139. The lowest BCUT2D eigenvalue weighted by Gasteiger charge is -2.31. The fourth-order valence-electron chi connectivity index (χ4n) is 2.69. The van der Waals surface area contributed by atoms with E-state index in [4.69, 9.17) is 9.47 Å². The summed E-state index contributed by atoms with van der Waals surface area (Å²) in [5, 5.41) is 3.05. The predicted octanol–water partition coefficient (Wildman–Crippen LogP) is 1.46. The molecular weight excluding hydrogens is 280 g/mol. The van der Waals surface area contributed by atoms with Gasteiger partial charge >= 0.3 is 0 Å². The number of nitrogens with zero attached hydrogens (tertiary/aromatic N) is 1. The first-order valence-electron chi connectivity index (χ1n) is 7.89. The summed E-state index contributed by atoms with van der Waals surface area (Å²) in [4.78, 5) is 14.5. The van der Waals surface area contributed by atoms with Crippen LogP contribution in [0.15, 0.2) is 24.3 Å². The average molecular weight is 306 g/mol. The number of nitrogens with one attached hydrogen (secondary N) is 1. The first-order valence-corrected chi connectivity index (χ1v) is 7.89. The average Bonchev–Trinajstić information content (AvgIpc) is 2.54. The Kier molecular flexibility index (Phi) is 6.21. The van der Waals surface area contributed by atoms with Crippen molar-refractivity contribution >= 4 is 5.91 Å². The molecular formula is C17H26N2O3. The minimum Gasteiger partial charge on any atom is -0.497 e. The van der Waals surface area contributed by atoms with Gasteiger partial charge in [0, 0.05) is 19.1 Å². The van der Waals surface area contributed by atoms with Crippen LogP contribution in [0.2, 0.25) is 0 Å². The van der Waals surface area contributed by atoms with Gasteiger partial charge in [-0.15, -0.1) is 0 Å². The Morgan fingerprint density at radius 1 is 1.55 bits per heavy atom. The Morgan fingerprint density at radius 3 is 3.09 bits per heavy atom. The van der Waals surface area contributed by atoms with Crippen LogP contribution < -0.4 is 10.1 Å². The van der Waals surface area contributed by atoms with E-state index in [1.807, 2.05) is 31.2 Å². The topological polar surface area (TPSA) is 50.8 Å². The van der Waals surface area contributed by atoms with Gasteiger partial charge in [0.2, 0.25) is 0 Å². The van der Waals surface area contributed by atoms with Crippen molar-refractivity contribution in [3.8, 4) is 5.75 Å². The summed E-state index contributed by atoms with van der Waals surface area (Å²) in [6, 6.07) is 7.98. The SMILES string of the molecule is CCN1CCO[C@H](C(=O)N[C@@H](C)Cc2cccc(OC)c2)C1. The maximum atomic E-state index is 12.3. The van der Waals surface area contributed by atoms with Crippen molar-refractivity contribution in [3.05, 3.63) is 29.8 Å². The first kappa shape index (κ1) is 16.8. The fourth-order valence-corrected chi connectivity index (χ4v) is 2.69. The number of amides is 1. The van der Waals surface area contributed by atoms with Crippen molar-refractivity contribution in [2.24, 2.45) is 0 Å². The van der Waals surface area contributed by atoms with Crippen molar-refractivity contribution in [2.45, 2.75) is 32.4 Å². The summed E-state index contributed by atoms with van der Waals surface area (Å²) < 4.78 is 10.8. The molecule has 1 N–H and O–H groups in total. The second-order valence-electron chi connectivity index (χ2n) is 5.72. The third-order valence-electron chi connectivity index (χ3n) is 3.95. The molecule has 1 saturated heterocycles. The van der Waals surface area contributed by atoms with Gasteiger partial charge in [0.25, 0.3) is 5.91 Å². The number of methoxy groups -OCH3 is 1. The molecule has 22 heavy (non-hydrogen) atoms. The van der Waals surface area contributed by atoms with Crippen molar-refractivity contribution in [1.29, 1.82) is 0 Å². The molecule has 1 aromatic rings. The lowest BCUT2D eigenvalue weighted by atomic mass is 10.1. The molecule has 1 aliphatic rings. The molecule has 0 radical (unpaired) electrons. The van der Waals surface area contributed by atoms with Crippen LogP contribution in [0.5, 0.6) is 5.75 Å². The fraction of sp³-hybridized carbons (Fsp3) is 0.588. The monoisotopic (exact) mass is 306 g/mol. The van der Waals surface area contributed by atoms with Gasteiger partial charge in [0.05, 0.1) is 13.7 Å². The van der Waals surface area contributed by atoms with Crippen molar-refractivity contribution in [2.75, 3.05) is 33.4 Å². The molecule has 2 rings (SSSR count). The van der Waals surface area contributed by atoms with E-state index in [1.54, 1.807) is 7.11 Å². The standard InChI is InChI=1S/C17H26N2O3/c1-4-19-8-9-22-16(12-19)17(20)18-13(2)10-14-6-5-7-15(11-14)21-3/h5-7,11,13,16H,4,8-10,12H2,1-3H3,(H,18,20)/t13-,16-/m0/s1. The van der Waals surface area contributed by atoms with Gasteiger partial charge < -0.3 is 14.8 Å². The van der Waals surface area contributed by atoms with Crippen molar-refractivity contribution in [1.82, 2.24) is 10.2 Å². The number of likely N-dealkylation sites (N-methyl/N-ethyl adjacent to an activating group) is 1. The highest BCUT2D eigenvalue weighted by Gasteiger charge is 2.26. The second-order valence-corrected chi connectivity index (χ2v) is 5.72. The maximum Gasteiger partial charge on any atom is 0.250 e. The molecule has 0 bridgehead atoms. The number of benzene rings is 1. The summed E-state index contributed by atoms with van der Waals surface area (Å²) in [7, 11) is 1.66. The number of hydrogen-bond donors (Lipinski definition) is 1. The van der Waals surface area contributed by atoms with E-state index < -0.39 is 0 Å². The Hall–Kier alpha value is -1.59. The number of hydrogen-bond acceptors (Lipinski definition) is 4. The normalized spacial score (nSPS) is 20.4. The largest absolute Gasteiger partial charge is 0.497 e. The zero-order chi connectivity index (χ0) is 15.9. The van der Waals surface area contributed by atoms with E-state index in [0.29, 0.717) is 13.2 Å². The number of ether oxygens (including phenoxy) is 2. The lowest BCUT2D eigenvalue weighted by Crippen LogP contribution is -2.51. The van der Waals surface area contributed by atoms with E-state index in [1.165, 1.54) is 0 Å². The molecule has 2 atom stereocenters. The quantitative estimate of drug-likeness (QED) is 0.864. The van der Waals surface area contributed by atoms with Crippen molar-refractivity contribution < 1.29 is 14.3 Å². The smallest absolute Gasteiger partial charge is 0.250 e. The van der Waals surface area contributed by atoms with Crippen LogP contribution in [0.1, 0.15) is 19.4 Å². The molecule has 1 aromatic carbocycles. The van der Waals surface area contributed by atoms with Gasteiger partial charge in [-0.3, -0.25) is 9.69 Å². The zero-order valence-electron chi connectivity index (χ0n) is 13.7. The van der Waals surface area contributed by atoms with Gasteiger partial charge in [0.15, 0.2) is 0 Å². The molecule has 122 valence electrons. The highest BCUT2D eigenvalue weighted by atomic mass is 16.5. The van der Waals surface area contributed by atoms with Gasteiger partial charge in [-0.05, 0) is 37.6 Å². The van der Waals surface area contributed by atoms with E-state index >= 15 is 0 Å². The Bertz CT molecular complexity index is 493. The Labute approximate surface area is 132 Å². The summed E-state index contributed by atoms with van der Waals surface area (Å²) in [5.41, 5.74) is 1.15. The van der Waals surface area contributed by atoms with Crippen LogP contribution in [0.3, 0.4) is 0 Å². The summed E-state index contributed by atoms with van der Waals surface area (Å²) >= 11 is 0. The van der Waals surface area contributed by atoms with E-state index in [2.05, 4.69) is 17.1 Å². The number of carbonyl (C=O) groups excluding carboxylic acids is 1. The molecule has 0 spiro atoms. The van der Waals surface area contributed by atoms with Gasteiger partial charge in [-0.1, -0.05) is 19.1 Å². The van der Waals surface area contributed by atoms with Crippen LogP contribution >= 0.6 is 0 Å². The summed E-state index contributed by atoms with van der Waals surface area (Å²) in [5.74, 6) is 0.818. The van der Waals surface area contributed by atoms with Crippen LogP contribution in [0.25, 0.3) is 0 Å². The Morgan fingerprint density at radius 2 is 2.36 bits per heavy atom. The van der Waals surface area contributed by atoms with E-state index in [0.717, 1.165) is 30.8 Å². The van der Waals surface area contributed by atoms with Gasteiger partial charge in [0.1, 0.15) is 11.9 Å². The number of morpholine rings is 1. The highest BCUT2D eigenvalue weighted by Crippen LogP contribution is 2.14. The van der Waals surface area contributed by atoms with Crippen LogP contribution in [-0.4, -0.2) is 56.3 Å². The molecule has 1 aliphatic heterocycles. The highest BCUT2D eigenvalue weighted by molar-refractivity contribution is 5.81. The second kappa shape index (κ2) is 8.15.